The largest absolute Gasteiger partial charge is 0.228 e. The van der Waals surface area contributed by atoms with Gasteiger partial charge in [-0.05, 0) is 112 Å². The van der Waals surface area contributed by atoms with Crippen molar-refractivity contribution in [3.8, 4) is 89.5 Å². The minimum atomic E-state index is 0.701. The van der Waals surface area contributed by atoms with Crippen LogP contribution < -0.4 is 0 Å². The zero-order chi connectivity index (χ0) is 39.6. The molecule has 10 aromatic carbocycles. The van der Waals surface area contributed by atoms with Crippen LogP contribution in [0.3, 0.4) is 0 Å². The van der Waals surface area contributed by atoms with E-state index in [1.165, 1.54) is 82.4 Å². The molecule has 0 atom stereocenters. The van der Waals surface area contributed by atoms with Crippen molar-refractivity contribution in [1.29, 1.82) is 0 Å². The van der Waals surface area contributed by atoms with E-state index >= 15 is 0 Å². The highest BCUT2D eigenvalue weighted by molar-refractivity contribution is 6.18. The Morgan fingerprint density at radius 2 is 0.700 bits per heavy atom. The topological polar surface area (TPSA) is 25.8 Å². The first-order valence-electron chi connectivity index (χ1n) is 20.6. The lowest BCUT2D eigenvalue weighted by atomic mass is 9.89. The van der Waals surface area contributed by atoms with Gasteiger partial charge in [0.15, 0.2) is 5.82 Å². The Hall–Kier alpha value is -7.94. The number of benzene rings is 10. The van der Waals surface area contributed by atoms with Gasteiger partial charge in [0.05, 0.1) is 11.4 Å². The highest BCUT2D eigenvalue weighted by Gasteiger charge is 2.22. The van der Waals surface area contributed by atoms with Crippen LogP contribution >= 0.6 is 0 Å². The van der Waals surface area contributed by atoms with Gasteiger partial charge in [-0.25, -0.2) is 9.97 Å². The molecule has 12 rings (SSSR count). The quantitative estimate of drug-likeness (QED) is 0.169. The van der Waals surface area contributed by atoms with Crippen molar-refractivity contribution in [2.45, 2.75) is 0 Å². The first-order chi connectivity index (χ1) is 29.7. The molecule has 1 aliphatic carbocycles. The number of hydrogen-bond donors (Lipinski definition) is 0. The normalized spacial score (nSPS) is 11.7. The van der Waals surface area contributed by atoms with Gasteiger partial charge in [0.1, 0.15) is 0 Å². The summed E-state index contributed by atoms with van der Waals surface area (Å²) in [6.45, 7) is 0. The molecule has 0 amide bonds. The van der Waals surface area contributed by atoms with Crippen LogP contribution in [0.5, 0.6) is 0 Å². The van der Waals surface area contributed by atoms with Gasteiger partial charge < -0.3 is 0 Å². The molecule has 1 heterocycles. The van der Waals surface area contributed by atoms with Crippen molar-refractivity contribution in [1.82, 2.24) is 9.97 Å². The summed E-state index contributed by atoms with van der Waals surface area (Å²) < 4.78 is 0. The number of rotatable bonds is 6. The first-order valence-corrected chi connectivity index (χ1v) is 20.6. The molecule has 2 heteroatoms. The van der Waals surface area contributed by atoms with E-state index in [9.17, 15) is 0 Å². The van der Waals surface area contributed by atoms with E-state index in [1.807, 2.05) is 6.07 Å². The summed E-state index contributed by atoms with van der Waals surface area (Å²) in [5.74, 6) is 0.701. The fraction of sp³-hybridized carbons (Fsp3) is 0. The predicted molar refractivity (Wildman–Crippen MR) is 252 cm³/mol. The van der Waals surface area contributed by atoms with Gasteiger partial charge in [0.2, 0.25) is 0 Å². The predicted octanol–water partition coefficient (Wildman–Crippen LogP) is 15.6. The summed E-state index contributed by atoms with van der Waals surface area (Å²) in [4.78, 5) is 10.3. The summed E-state index contributed by atoms with van der Waals surface area (Å²) in [5, 5.41) is 7.48. The van der Waals surface area contributed by atoms with Gasteiger partial charge in [0, 0.05) is 16.7 Å². The summed E-state index contributed by atoms with van der Waals surface area (Å²) in [5.41, 5.74) is 17.4. The number of hydrogen-bond acceptors (Lipinski definition) is 2. The van der Waals surface area contributed by atoms with Gasteiger partial charge in [-0.3, -0.25) is 0 Å². The van der Waals surface area contributed by atoms with Crippen LogP contribution in [-0.2, 0) is 0 Å². The Morgan fingerprint density at radius 3 is 1.35 bits per heavy atom. The van der Waals surface area contributed by atoms with Crippen LogP contribution in [0.25, 0.3) is 122 Å². The minimum absolute atomic E-state index is 0.701. The highest BCUT2D eigenvalue weighted by Crippen LogP contribution is 2.49. The maximum absolute atomic E-state index is 5.18. The molecule has 0 spiro atoms. The second-order valence-electron chi connectivity index (χ2n) is 15.7. The maximum atomic E-state index is 5.18. The molecule has 0 N–H and O–H groups in total. The Bertz CT molecular complexity index is 3430. The molecule has 278 valence electrons. The van der Waals surface area contributed by atoms with E-state index in [0.717, 1.165) is 33.6 Å². The second kappa shape index (κ2) is 13.9. The van der Waals surface area contributed by atoms with E-state index in [0.29, 0.717) is 5.82 Å². The molecule has 0 bridgehead atoms. The zero-order valence-corrected chi connectivity index (χ0v) is 32.7. The number of fused-ring (bicyclic) bond motifs is 5. The lowest BCUT2D eigenvalue weighted by Gasteiger charge is -2.15. The first kappa shape index (κ1) is 34.1. The molecule has 1 aliphatic rings. The van der Waals surface area contributed by atoms with E-state index in [1.54, 1.807) is 0 Å². The van der Waals surface area contributed by atoms with Crippen LogP contribution in [0, 0.1) is 0 Å². The Balaban J connectivity index is 0.933. The number of aromatic nitrogens is 2. The molecular weight excluding hydrogens is 725 g/mol. The van der Waals surface area contributed by atoms with Gasteiger partial charge in [0.25, 0.3) is 0 Å². The third-order valence-corrected chi connectivity index (χ3v) is 12.2. The molecule has 0 aliphatic heterocycles. The monoisotopic (exact) mass is 760 g/mol. The summed E-state index contributed by atoms with van der Waals surface area (Å²) in [6, 6.07) is 78.8. The van der Waals surface area contributed by atoms with Crippen molar-refractivity contribution in [3.05, 3.63) is 218 Å². The average Bonchev–Trinajstić information content (AvgIpc) is 3.66. The third-order valence-electron chi connectivity index (χ3n) is 12.2. The summed E-state index contributed by atoms with van der Waals surface area (Å²) in [6.07, 6.45) is 0. The van der Waals surface area contributed by atoms with Crippen LogP contribution in [-0.4, -0.2) is 9.97 Å². The Labute approximate surface area is 348 Å². The van der Waals surface area contributed by atoms with Crippen LogP contribution in [0.2, 0.25) is 0 Å². The van der Waals surface area contributed by atoms with Gasteiger partial charge in [-0.2, -0.15) is 0 Å². The van der Waals surface area contributed by atoms with Crippen molar-refractivity contribution in [2.75, 3.05) is 0 Å². The average molecular weight is 761 g/mol. The van der Waals surface area contributed by atoms with Crippen LogP contribution in [0.1, 0.15) is 0 Å². The molecular formula is C58H36N2. The third kappa shape index (κ3) is 5.73. The van der Waals surface area contributed by atoms with Gasteiger partial charge in [-0.1, -0.05) is 194 Å². The molecule has 60 heavy (non-hydrogen) atoms. The molecule has 0 saturated carbocycles. The standard InChI is InChI=1S/C58H36N2/c1-2-12-41(13-3-1)55-36-56(46-30-21-37-11-4-5-14-43(37)33-46)60-58(59-55)42-28-26-40(27-29-42)54-35-45-16-7-6-15-44(45)34-53(54)39-24-22-38(23-25-39)47-31-32-52-49-18-9-8-17-48(49)51-20-10-19-50(47)57(51)52/h1-36H. The molecule has 0 saturated heterocycles. The van der Waals surface area contributed by atoms with Crippen molar-refractivity contribution in [3.63, 3.8) is 0 Å². The van der Waals surface area contributed by atoms with Crippen LogP contribution in [0.4, 0.5) is 0 Å². The van der Waals surface area contributed by atoms with Crippen LogP contribution in [0.15, 0.2) is 218 Å². The molecule has 1 aromatic heterocycles. The fourth-order valence-electron chi connectivity index (χ4n) is 9.24. The van der Waals surface area contributed by atoms with Crippen molar-refractivity contribution < 1.29 is 0 Å². The van der Waals surface area contributed by atoms with E-state index < -0.39 is 0 Å². The molecule has 0 unspecified atom stereocenters. The summed E-state index contributed by atoms with van der Waals surface area (Å²) in [7, 11) is 0. The molecule has 0 radical (unpaired) electrons. The Morgan fingerprint density at radius 1 is 0.233 bits per heavy atom. The Kier molecular flexibility index (Phi) is 7.89. The molecule has 11 aromatic rings. The van der Waals surface area contributed by atoms with Crippen molar-refractivity contribution >= 4 is 32.3 Å². The SMILES string of the molecule is c1ccc(-c2cc(-c3ccc4ccccc4c3)nc(-c3ccc(-c4cc5ccccc5cc4-c4ccc(-c5ccc6c7c(cccc57)-c5ccccc5-6)cc4)cc3)n2)cc1. The second-order valence-corrected chi connectivity index (χ2v) is 15.7. The zero-order valence-electron chi connectivity index (χ0n) is 32.7. The fourth-order valence-corrected chi connectivity index (χ4v) is 9.24. The van der Waals surface area contributed by atoms with E-state index in [4.69, 9.17) is 9.97 Å². The lowest BCUT2D eigenvalue weighted by Crippen LogP contribution is -1.96. The molecule has 0 fully saturated rings. The van der Waals surface area contributed by atoms with Gasteiger partial charge in [-0.15, -0.1) is 0 Å². The number of nitrogens with zero attached hydrogens (tertiary/aromatic N) is 2. The smallest absolute Gasteiger partial charge is 0.160 e. The molecule has 2 nitrogen and oxygen atoms in total. The van der Waals surface area contributed by atoms with Gasteiger partial charge >= 0.3 is 0 Å². The van der Waals surface area contributed by atoms with Crippen molar-refractivity contribution in [2.24, 2.45) is 0 Å². The van der Waals surface area contributed by atoms with E-state index in [2.05, 4.69) is 212 Å². The lowest BCUT2D eigenvalue weighted by molar-refractivity contribution is 1.18. The minimum Gasteiger partial charge on any atom is -0.228 e. The van der Waals surface area contributed by atoms with E-state index in [-0.39, 0.29) is 0 Å². The maximum Gasteiger partial charge on any atom is 0.160 e. The highest BCUT2D eigenvalue weighted by atomic mass is 14.9. The summed E-state index contributed by atoms with van der Waals surface area (Å²) >= 11 is 0.